The zero-order chi connectivity index (χ0) is 18.0. The molecule has 140 valence electrons. The second-order valence-corrected chi connectivity index (χ2v) is 7.61. The monoisotopic (exact) mass is 354 g/mol. The number of quaternary nitrogens is 2. The maximum absolute atomic E-state index is 5.85. The summed E-state index contributed by atoms with van der Waals surface area (Å²) in [6.45, 7) is 8.05. The molecule has 1 aliphatic heterocycles. The third kappa shape index (κ3) is 6.15. The molecular weight excluding hydrogens is 320 g/mol. The molecule has 0 bridgehead atoms. The summed E-state index contributed by atoms with van der Waals surface area (Å²) in [7, 11) is 0. The lowest BCUT2D eigenvalue weighted by molar-refractivity contribution is -0.930. The highest BCUT2D eigenvalue weighted by atomic mass is 16.5. The van der Waals surface area contributed by atoms with Gasteiger partial charge in [0.15, 0.2) is 0 Å². The van der Waals surface area contributed by atoms with Gasteiger partial charge < -0.3 is 15.0 Å². The van der Waals surface area contributed by atoms with Crippen molar-refractivity contribution < 1.29 is 15.0 Å². The van der Waals surface area contributed by atoms with Gasteiger partial charge in [-0.3, -0.25) is 0 Å². The van der Waals surface area contributed by atoms with Crippen LogP contribution in [0.2, 0.25) is 0 Å². The molecule has 3 N–H and O–H groups in total. The SMILES string of the molecule is C[C@H]1CCCC[NH+]1CCC[NH2+]Cc1ccc(OCc2ccccc2)cc1. The molecule has 3 heteroatoms. The highest BCUT2D eigenvalue weighted by molar-refractivity contribution is 5.27. The van der Waals surface area contributed by atoms with Crippen molar-refractivity contribution in [2.45, 2.75) is 51.8 Å². The van der Waals surface area contributed by atoms with Crippen molar-refractivity contribution in [2.75, 3.05) is 19.6 Å². The van der Waals surface area contributed by atoms with Crippen molar-refractivity contribution in [1.29, 1.82) is 0 Å². The highest BCUT2D eigenvalue weighted by Crippen LogP contribution is 2.13. The summed E-state index contributed by atoms with van der Waals surface area (Å²) in [4.78, 5) is 1.82. The van der Waals surface area contributed by atoms with Gasteiger partial charge in [-0.2, -0.15) is 0 Å². The maximum atomic E-state index is 5.85. The minimum absolute atomic E-state index is 0.629. The molecule has 0 amide bonds. The lowest BCUT2D eigenvalue weighted by atomic mass is 10.0. The summed E-state index contributed by atoms with van der Waals surface area (Å²) in [6, 6.07) is 19.7. The third-order valence-corrected chi connectivity index (χ3v) is 5.54. The van der Waals surface area contributed by atoms with E-state index >= 15 is 0 Å². The molecule has 1 fully saturated rings. The minimum Gasteiger partial charge on any atom is -0.489 e. The smallest absolute Gasteiger partial charge is 0.119 e. The van der Waals surface area contributed by atoms with E-state index in [-0.39, 0.29) is 0 Å². The first-order valence-electron chi connectivity index (χ1n) is 10.2. The number of nitrogens with two attached hydrogens (primary N) is 1. The largest absolute Gasteiger partial charge is 0.489 e. The second kappa shape index (κ2) is 10.3. The predicted molar refractivity (Wildman–Crippen MR) is 106 cm³/mol. The molecule has 2 aromatic rings. The Morgan fingerprint density at radius 2 is 1.81 bits per heavy atom. The quantitative estimate of drug-likeness (QED) is 0.664. The van der Waals surface area contributed by atoms with Crippen molar-refractivity contribution in [1.82, 2.24) is 0 Å². The van der Waals surface area contributed by atoms with E-state index in [0.29, 0.717) is 6.61 Å². The van der Waals surface area contributed by atoms with Crippen molar-refractivity contribution in [3.05, 3.63) is 65.7 Å². The van der Waals surface area contributed by atoms with Crippen LogP contribution in [0.5, 0.6) is 5.75 Å². The van der Waals surface area contributed by atoms with Gasteiger partial charge in [-0.25, -0.2) is 0 Å². The Balaban J connectivity index is 1.31. The molecule has 3 rings (SSSR count). The Kier molecular flexibility index (Phi) is 7.53. The fraction of sp³-hybridized carbons (Fsp3) is 0.478. The molecule has 1 unspecified atom stereocenters. The van der Waals surface area contributed by atoms with Gasteiger partial charge >= 0.3 is 0 Å². The number of ether oxygens (including phenoxy) is 1. The zero-order valence-electron chi connectivity index (χ0n) is 16.1. The van der Waals surface area contributed by atoms with E-state index in [4.69, 9.17) is 4.74 Å². The fourth-order valence-electron chi connectivity index (χ4n) is 3.83. The van der Waals surface area contributed by atoms with Gasteiger partial charge in [-0.1, -0.05) is 30.3 Å². The standard InChI is InChI=1S/C23H32N2O/c1-20-8-5-6-16-25(20)17-7-15-24-18-21-11-13-23(14-12-21)26-19-22-9-3-2-4-10-22/h2-4,9-14,20,24H,5-8,15-19H2,1H3/p+2/t20-/m0/s1. The average molecular weight is 355 g/mol. The number of piperidine rings is 1. The Morgan fingerprint density at radius 3 is 2.58 bits per heavy atom. The second-order valence-electron chi connectivity index (χ2n) is 7.61. The van der Waals surface area contributed by atoms with Crippen molar-refractivity contribution in [3.8, 4) is 5.75 Å². The van der Waals surface area contributed by atoms with Gasteiger partial charge in [-0.15, -0.1) is 0 Å². The van der Waals surface area contributed by atoms with Crippen molar-refractivity contribution in [2.24, 2.45) is 0 Å². The van der Waals surface area contributed by atoms with Crippen LogP contribution in [0.15, 0.2) is 54.6 Å². The van der Waals surface area contributed by atoms with Crippen LogP contribution >= 0.6 is 0 Å². The van der Waals surface area contributed by atoms with Crippen LogP contribution < -0.4 is 15.0 Å². The van der Waals surface area contributed by atoms with E-state index in [1.807, 2.05) is 23.1 Å². The van der Waals surface area contributed by atoms with Gasteiger partial charge in [0.05, 0.1) is 25.7 Å². The lowest BCUT2D eigenvalue weighted by Gasteiger charge is -2.29. The molecule has 1 saturated heterocycles. The van der Waals surface area contributed by atoms with Crippen LogP contribution in [0.3, 0.4) is 0 Å². The summed E-state index contributed by atoms with van der Waals surface area (Å²) >= 11 is 0. The van der Waals surface area contributed by atoms with E-state index in [1.165, 1.54) is 56.4 Å². The topological polar surface area (TPSA) is 30.3 Å². The van der Waals surface area contributed by atoms with E-state index in [2.05, 4.69) is 48.6 Å². The van der Waals surface area contributed by atoms with Crippen LogP contribution in [0.4, 0.5) is 0 Å². The van der Waals surface area contributed by atoms with Gasteiger partial charge in [0.1, 0.15) is 18.9 Å². The average Bonchev–Trinajstić information content (AvgIpc) is 2.69. The molecule has 0 saturated carbocycles. The molecule has 26 heavy (non-hydrogen) atoms. The number of nitrogens with one attached hydrogen (secondary N) is 1. The number of likely N-dealkylation sites (tertiary alicyclic amines) is 1. The van der Waals surface area contributed by atoms with Gasteiger partial charge in [0.25, 0.3) is 0 Å². The van der Waals surface area contributed by atoms with Crippen molar-refractivity contribution >= 4 is 0 Å². The van der Waals surface area contributed by atoms with E-state index in [1.54, 1.807) is 0 Å². The molecule has 2 aromatic carbocycles. The van der Waals surface area contributed by atoms with Gasteiger partial charge in [0.2, 0.25) is 0 Å². The Hall–Kier alpha value is -1.84. The van der Waals surface area contributed by atoms with Crippen LogP contribution in [0.25, 0.3) is 0 Å². The first-order valence-corrected chi connectivity index (χ1v) is 10.2. The third-order valence-electron chi connectivity index (χ3n) is 5.54. The minimum atomic E-state index is 0.629. The summed E-state index contributed by atoms with van der Waals surface area (Å²) in [5.41, 5.74) is 2.57. The molecular formula is C23H34N2O+2. The summed E-state index contributed by atoms with van der Waals surface area (Å²) in [5.74, 6) is 0.945. The number of rotatable bonds is 9. The Labute approximate surface area is 158 Å². The number of hydrogen-bond acceptors (Lipinski definition) is 1. The van der Waals surface area contributed by atoms with Crippen LogP contribution in [0.1, 0.15) is 43.7 Å². The Bertz CT molecular complexity index is 626. The van der Waals surface area contributed by atoms with E-state index < -0.39 is 0 Å². The first-order chi connectivity index (χ1) is 12.8. The van der Waals surface area contributed by atoms with Crippen LogP contribution in [-0.2, 0) is 13.2 Å². The van der Waals surface area contributed by atoms with Crippen molar-refractivity contribution in [3.63, 3.8) is 0 Å². The summed E-state index contributed by atoms with van der Waals surface area (Å²) < 4.78 is 5.85. The molecule has 1 heterocycles. The van der Waals surface area contributed by atoms with E-state index in [9.17, 15) is 0 Å². The molecule has 1 aliphatic rings. The molecule has 3 nitrogen and oxygen atoms in total. The predicted octanol–water partition coefficient (Wildman–Crippen LogP) is 2.18. The fourth-order valence-corrected chi connectivity index (χ4v) is 3.83. The molecule has 0 aromatic heterocycles. The van der Waals surface area contributed by atoms with E-state index in [0.717, 1.165) is 18.3 Å². The van der Waals surface area contributed by atoms with Gasteiger partial charge in [-0.05, 0) is 56.0 Å². The Morgan fingerprint density at radius 1 is 1.00 bits per heavy atom. The number of benzene rings is 2. The molecule has 2 atom stereocenters. The summed E-state index contributed by atoms with van der Waals surface area (Å²) in [6.07, 6.45) is 5.58. The molecule has 0 spiro atoms. The normalized spacial score (nSPS) is 20.0. The van der Waals surface area contributed by atoms with Crippen LogP contribution in [0, 0.1) is 0 Å². The molecule has 0 radical (unpaired) electrons. The number of hydrogen-bond donors (Lipinski definition) is 2. The van der Waals surface area contributed by atoms with Gasteiger partial charge in [0, 0.05) is 12.0 Å². The zero-order valence-corrected chi connectivity index (χ0v) is 16.1. The summed E-state index contributed by atoms with van der Waals surface area (Å²) in [5, 5.41) is 2.44. The maximum Gasteiger partial charge on any atom is 0.119 e. The lowest BCUT2D eigenvalue weighted by Crippen LogP contribution is -3.16. The highest BCUT2D eigenvalue weighted by Gasteiger charge is 2.20. The first kappa shape index (κ1) is 18.9. The van der Waals surface area contributed by atoms with Crippen LogP contribution in [-0.4, -0.2) is 25.7 Å². The molecule has 0 aliphatic carbocycles.